The van der Waals surface area contributed by atoms with Gasteiger partial charge in [0.1, 0.15) is 0 Å². The fourth-order valence-electron chi connectivity index (χ4n) is 4.77. The molecule has 0 aromatic heterocycles. The molecule has 0 spiro atoms. The molecule has 0 aliphatic heterocycles. The molecule has 0 nitrogen and oxygen atoms in total. The maximum atomic E-state index is 2.53. The van der Waals surface area contributed by atoms with Gasteiger partial charge in [-0.3, -0.25) is 0 Å². The largest absolute Gasteiger partial charge is 0.0651 e. The quantitative estimate of drug-likeness (QED) is 0.391. The number of hydrogen-bond donors (Lipinski definition) is 0. The Morgan fingerprint density at radius 3 is 1.09 bits per heavy atom. The van der Waals surface area contributed by atoms with Gasteiger partial charge in [0.25, 0.3) is 0 Å². The minimum absolute atomic E-state index is 0.793. The van der Waals surface area contributed by atoms with Crippen LogP contribution in [0.1, 0.15) is 89.0 Å². The highest BCUT2D eigenvalue weighted by Gasteiger charge is 2.34. The van der Waals surface area contributed by atoms with Crippen LogP contribution in [0.3, 0.4) is 0 Å². The normalized spacial score (nSPS) is 22.2. The van der Waals surface area contributed by atoms with Crippen molar-refractivity contribution in [1.29, 1.82) is 0 Å². The van der Waals surface area contributed by atoms with E-state index in [-0.39, 0.29) is 0 Å². The van der Waals surface area contributed by atoms with Crippen LogP contribution in [0.2, 0.25) is 0 Å². The molecule has 0 saturated heterocycles. The van der Waals surface area contributed by atoms with Gasteiger partial charge in [0.2, 0.25) is 0 Å². The molecule has 0 aliphatic rings. The molecule has 7 atom stereocenters. The van der Waals surface area contributed by atoms with E-state index in [1.807, 2.05) is 0 Å². The van der Waals surface area contributed by atoms with E-state index in [0.29, 0.717) is 0 Å². The second-order valence-corrected chi connectivity index (χ2v) is 8.93. The predicted molar refractivity (Wildman–Crippen MR) is 103 cm³/mol. The van der Waals surface area contributed by atoms with Crippen LogP contribution in [0.4, 0.5) is 0 Å². The summed E-state index contributed by atoms with van der Waals surface area (Å²) in [5.74, 6) is 7.45. The summed E-state index contributed by atoms with van der Waals surface area (Å²) in [6.07, 6.45) is 2.67. The highest BCUT2D eigenvalue weighted by atomic mass is 14.4. The summed E-state index contributed by atoms with van der Waals surface area (Å²) in [6.45, 7) is 26.9. The van der Waals surface area contributed by atoms with E-state index in [2.05, 4.69) is 76.2 Å². The third-order valence-electron chi connectivity index (χ3n) is 7.39. The maximum absolute atomic E-state index is 2.53. The average molecular weight is 311 g/mol. The molecule has 0 amide bonds. The van der Waals surface area contributed by atoms with Gasteiger partial charge in [0.15, 0.2) is 0 Å². The SMILES string of the molecule is CCC(C(C)C)C(CC)C(C)C(C)C(C)C(C)C(C)C(C)C. The van der Waals surface area contributed by atoms with Crippen LogP contribution < -0.4 is 0 Å². The molecule has 0 saturated carbocycles. The highest BCUT2D eigenvalue weighted by molar-refractivity contribution is 4.83. The summed E-state index contributed by atoms with van der Waals surface area (Å²) >= 11 is 0. The van der Waals surface area contributed by atoms with Crippen molar-refractivity contribution < 1.29 is 0 Å². The van der Waals surface area contributed by atoms with E-state index in [1.165, 1.54) is 12.8 Å². The molecule has 22 heavy (non-hydrogen) atoms. The molecular weight excluding hydrogens is 264 g/mol. The topological polar surface area (TPSA) is 0 Å². The monoisotopic (exact) mass is 310 g/mol. The first kappa shape index (κ1) is 22.0. The Balaban J connectivity index is 5.03. The second kappa shape index (κ2) is 9.99. The zero-order valence-electron chi connectivity index (χ0n) is 17.6. The molecule has 0 rings (SSSR count). The minimum atomic E-state index is 0.793. The standard InChI is InChI=1S/C22H46/c1-12-21(15(5)6)22(13-2)20(11)19(10)18(9)17(8)16(7)14(3)4/h14-22H,12-13H2,1-11H3. The van der Waals surface area contributed by atoms with Gasteiger partial charge in [-0.2, -0.15) is 0 Å². The highest BCUT2D eigenvalue weighted by Crippen LogP contribution is 2.41. The third kappa shape index (κ3) is 5.57. The first-order valence-electron chi connectivity index (χ1n) is 10.1. The van der Waals surface area contributed by atoms with Gasteiger partial charge in [0, 0.05) is 0 Å². The average Bonchev–Trinajstić information content (AvgIpc) is 2.47. The maximum Gasteiger partial charge on any atom is -0.0358 e. The van der Waals surface area contributed by atoms with Crippen molar-refractivity contribution >= 4 is 0 Å². The van der Waals surface area contributed by atoms with Crippen LogP contribution in [0.5, 0.6) is 0 Å². The zero-order chi connectivity index (χ0) is 17.6. The summed E-state index contributed by atoms with van der Waals surface area (Å²) in [5, 5.41) is 0. The van der Waals surface area contributed by atoms with E-state index in [4.69, 9.17) is 0 Å². The van der Waals surface area contributed by atoms with Crippen molar-refractivity contribution in [1.82, 2.24) is 0 Å². The lowest BCUT2D eigenvalue weighted by atomic mass is 9.64. The van der Waals surface area contributed by atoms with Gasteiger partial charge in [-0.25, -0.2) is 0 Å². The number of hydrogen-bond acceptors (Lipinski definition) is 0. The molecule has 0 heteroatoms. The van der Waals surface area contributed by atoms with Crippen molar-refractivity contribution in [2.24, 2.45) is 53.3 Å². The summed E-state index contributed by atoms with van der Waals surface area (Å²) in [5.41, 5.74) is 0. The Hall–Kier alpha value is 0. The Bertz CT molecular complexity index is 278. The fraction of sp³-hybridized carbons (Fsp3) is 1.00. The van der Waals surface area contributed by atoms with Crippen LogP contribution in [0.15, 0.2) is 0 Å². The van der Waals surface area contributed by atoms with Gasteiger partial charge < -0.3 is 0 Å². The van der Waals surface area contributed by atoms with Crippen molar-refractivity contribution in [3.8, 4) is 0 Å². The summed E-state index contributed by atoms with van der Waals surface area (Å²) in [4.78, 5) is 0. The third-order valence-corrected chi connectivity index (χ3v) is 7.39. The van der Waals surface area contributed by atoms with Crippen molar-refractivity contribution in [3.63, 3.8) is 0 Å². The molecule has 0 N–H and O–H groups in total. The smallest absolute Gasteiger partial charge is 0.0358 e. The van der Waals surface area contributed by atoms with Crippen molar-refractivity contribution in [2.75, 3.05) is 0 Å². The lowest BCUT2D eigenvalue weighted by molar-refractivity contribution is 0.0781. The predicted octanol–water partition coefficient (Wildman–Crippen LogP) is 7.53. The van der Waals surface area contributed by atoms with Crippen LogP contribution in [0, 0.1) is 53.3 Å². The Kier molecular flexibility index (Phi) is 9.99. The van der Waals surface area contributed by atoms with Crippen LogP contribution in [-0.2, 0) is 0 Å². The van der Waals surface area contributed by atoms with E-state index in [9.17, 15) is 0 Å². The summed E-state index contributed by atoms with van der Waals surface area (Å²) in [6, 6.07) is 0. The Morgan fingerprint density at radius 2 is 0.773 bits per heavy atom. The van der Waals surface area contributed by atoms with E-state index in [0.717, 1.165) is 53.3 Å². The molecule has 0 bridgehead atoms. The van der Waals surface area contributed by atoms with Gasteiger partial charge >= 0.3 is 0 Å². The number of rotatable bonds is 10. The summed E-state index contributed by atoms with van der Waals surface area (Å²) < 4.78 is 0. The van der Waals surface area contributed by atoms with E-state index >= 15 is 0 Å². The minimum Gasteiger partial charge on any atom is -0.0651 e. The van der Waals surface area contributed by atoms with Crippen molar-refractivity contribution in [3.05, 3.63) is 0 Å². The summed E-state index contributed by atoms with van der Waals surface area (Å²) in [7, 11) is 0. The molecule has 0 aromatic rings. The second-order valence-electron chi connectivity index (χ2n) is 8.93. The van der Waals surface area contributed by atoms with Crippen molar-refractivity contribution in [2.45, 2.75) is 89.0 Å². The lowest BCUT2D eigenvalue weighted by Crippen LogP contribution is -2.34. The molecule has 0 radical (unpaired) electrons. The zero-order valence-corrected chi connectivity index (χ0v) is 17.6. The molecular formula is C22H46. The fourth-order valence-corrected chi connectivity index (χ4v) is 4.77. The van der Waals surface area contributed by atoms with Gasteiger partial charge in [0.05, 0.1) is 0 Å². The van der Waals surface area contributed by atoms with Gasteiger partial charge in [-0.05, 0) is 53.3 Å². The van der Waals surface area contributed by atoms with Crippen LogP contribution >= 0.6 is 0 Å². The van der Waals surface area contributed by atoms with Gasteiger partial charge in [-0.1, -0.05) is 89.0 Å². The van der Waals surface area contributed by atoms with Crippen LogP contribution in [-0.4, -0.2) is 0 Å². The van der Waals surface area contributed by atoms with Gasteiger partial charge in [-0.15, -0.1) is 0 Å². The molecule has 0 fully saturated rings. The van der Waals surface area contributed by atoms with E-state index in [1.54, 1.807) is 0 Å². The molecule has 134 valence electrons. The molecule has 0 aromatic carbocycles. The first-order chi connectivity index (χ1) is 10.1. The van der Waals surface area contributed by atoms with Crippen LogP contribution in [0.25, 0.3) is 0 Å². The first-order valence-corrected chi connectivity index (χ1v) is 10.1. The molecule has 0 aliphatic carbocycles. The van der Waals surface area contributed by atoms with E-state index < -0.39 is 0 Å². The molecule has 0 heterocycles. The lowest BCUT2D eigenvalue weighted by Gasteiger charge is -2.41. The molecule has 7 unspecified atom stereocenters. The Morgan fingerprint density at radius 1 is 0.409 bits per heavy atom. The Labute approximate surface area is 142 Å².